The second-order valence-corrected chi connectivity index (χ2v) is 3.88. The molecule has 4 heteroatoms. The number of ether oxygens (including phenoxy) is 1. The Hall–Kier alpha value is -2.10. The summed E-state index contributed by atoms with van der Waals surface area (Å²) in [7, 11) is 0. The highest BCUT2D eigenvalue weighted by molar-refractivity contribution is 5.83. The molecule has 1 aromatic carbocycles. The summed E-state index contributed by atoms with van der Waals surface area (Å²) >= 11 is 0. The monoisotopic (exact) mass is 230 g/mol. The van der Waals surface area contributed by atoms with Crippen molar-refractivity contribution in [2.75, 3.05) is 0 Å². The Bertz CT molecular complexity index is 506. The third-order valence-corrected chi connectivity index (χ3v) is 2.41. The summed E-state index contributed by atoms with van der Waals surface area (Å²) in [6, 6.07) is 7.62. The Morgan fingerprint density at radius 1 is 1.47 bits per heavy atom. The van der Waals surface area contributed by atoms with Gasteiger partial charge in [0.05, 0.1) is 0 Å². The molecule has 0 spiro atoms. The van der Waals surface area contributed by atoms with Crippen molar-refractivity contribution in [1.82, 2.24) is 9.55 Å². The maximum absolute atomic E-state index is 11.9. The van der Waals surface area contributed by atoms with Crippen LogP contribution in [0.3, 0.4) is 0 Å². The van der Waals surface area contributed by atoms with Crippen LogP contribution in [0.2, 0.25) is 0 Å². The molecule has 1 aromatic heterocycles. The SMILES string of the molecule is Cc1cccc(OC(C)C(=O)n2ccnc2)c1. The van der Waals surface area contributed by atoms with E-state index in [9.17, 15) is 4.79 Å². The number of nitrogens with zero attached hydrogens (tertiary/aromatic N) is 2. The maximum atomic E-state index is 11.9. The lowest BCUT2D eigenvalue weighted by Gasteiger charge is -2.13. The Kier molecular flexibility index (Phi) is 3.23. The van der Waals surface area contributed by atoms with Crippen molar-refractivity contribution in [3.8, 4) is 5.75 Å². The lowest BCUT2D eigenvalue weighted by molar-refractivity contribution is 0.0727. The van der Waals surface area contributed by atoms with Gasteiger partial charge in [0.25, 0.3) is 5.91 Å². The van der Waals surface area contributed by atoms with Gasteiger partial charge in [-0.05, 0) is 31.5 Å². The molecule has 0 aliphatic rings. The van der Waals surface area contributed by atoms with E-state index < -0.39 is 6.10 Å². The average Bonchev–Trinajstić information content (AvgIpc) is 2.81. The minimum Gasteiger partial charge on any atom is -0.481 e. The number of aryl methyl sites for hydroxylation is 1. The van der Waals surface area contributed by atoms with Crippen molar-refractivity contribution in [3.05, 3.63) is 48.5 Å². The molecule has 1 unspecified atom stereocenters. The fourth-order valence-electron chi connectivity index (χ4n) is 1.54. The van der Waals surface area contributed by atoms with Crippen molar-refractivity contribution in [2.45, 2.75) is 20.0 Å². The smallest absolute Gasteiger partial charge is 0.272 e. The van der Waals surface area contributed by atoms with Crippen molar-refractivity contribution < 1.29 is 9.53 Å². The molecule has 0 aliphatic carbocycles. The van der Waals surface area contributed by atoms with Gasteiger partial charge in [-0.2, -0.15) is 0 Å². The number of aromatic nitrogens is 2. The molecular weight excluding hydrogens is 216 g/mol. The third-order valence-electron chi connectivity index (χ3n) is 2.41. The van der Waals surface area contributed by atoms with E-state index in [1.54, 1.807) is 19.3 Å². The number of rotatable bonds is 3. The van der Waals surface area contributed by atoms with Gasteiger partial charge < -0.3 is 4.74 Å². The number of imidazole rings is 1. The number of hydrogen-bond donors (Lipinski definition) is 0. The zero-order chi connectivity index (χ0) is 12.3. The van der Waals surface area contributed by atoms with E-state index in [-0.39, 0.29) is 5.91 Å². The fraction of sp³-hybridized carbons (Fsp3) is 0.231. The third kappa shape index (κ3) is 2.72. The van der Waals surface area contributed by atoms with E-state index in [0.717, 1.165) is 5.56 Å². The zero-order valence-corrected chi connectivity index (χ0v) is 9.83. The molecule has 0 N–H and O–H groups in total. The van der Waals surface area contributed by atoms with Gasteiger partial charge in [0, 0.05) is 12.4 Å². The summed E-state index contributed by atoms with van der Waals surface area (Å²) in [5.41, 5.74) is 1.10. The highest BCUT2D eigenvalue weighted by Gasteiger charge is 2.16. The van der Waals surface area contributed by atoms with Crippen molar-refractivity contribution in [2.24, 2.45) is 0 Å². The minimum atomic E-state index is -0.536. The van der Waals surface area contributed by atoms with Crippen molar-refractivity contribution in [1.29, 1.82) is 0 Å². The van der Waals surface area contributed by atoms with Gasteiger partial charge in [0.15, 0.2) is 6.10 Å². The molecule has 0 amide bonds. The molecule has 0 saturated heterocycles. The van der Waals surface area contributed by atoms with Gasteiger partial charge in [0.2, 0.25) is 0 Å². The normalized spacial score (nSPS) is 12.1. The molecule has 1 heterocycles. The molecule has 4 nitrogen and oxygen atoms in total. The molecule has 0 aliphatic heterocycles. The first kappa shape index (κ1) is 11.4. The average molecular weight is 230 g/mol. The number of hydrogen-bond acceptors (Lipinski definition) is 3. The standard InChI is InChI=1S/C13H14N2O2/c1-10-4-3-5-12(8-10)17-11(2)13(16)15-7-6-14-9-15/h3-9,11H,1-2H3. The van der Waals surface area contributed by atoms with Crippen LogP contribution in [0.25, 0.3) is 0 Å². The number of carbonyl (C=O) groups is 1. The van der Waals surface area contributed by atoms with Crippen LogP contribution in [-0.2, 0) is 0 Å². The van der Waals surface area contributed by atoms with Gasteiger partial charge in [-0.3, -0.25) is 9.36 Å². The van der Waals surface area contributed by atoms with Gasteiger partial charge >= 0.3 is 0 Å². The largest absolute Gasteiger partial charge is 0.481 e. The molecule has 0 bridgehead atoms. The molecule has 88 valence electrons. The summed E-state index contributed by atoms with van der Waals surface area (Å²) in [6.07, 6.45) is 4.11. The fourth-order valence-corrected chi connectivity index (χ4v) is 1.54. The summed E-state index contributed by atoms with van der Waals surface area (Å²) in [4.78, 5) is 15.7. The Morgan fingerprint density at radius 2 is 2.29 bits per heavy atom. The van der Waals surface area contributed by atoms with Crippen LogP contribution >= 0.6 is 0 Å². The van der Waals surface area contributed by atoms with Crippen LogP contribution in [0, 0.1) is 6.92 Å². The second kappa shape index (κ2) is 4.82. The topological polar surface area (TPSA) is 44.1 Å². The van der Waals surface area contributed by atoms with E-state index in [4.69, 9.17) is 4.74 Å². The Labute approximate surface area is 99.9 Å². The van der Waals surface area contributed by atoms with Crippen LogP contribution < -0.4 is 4.74 Å². The summed E-state index contributed by atoms with van der Waals surface area (Å²) in [5.74, 6) is 0.565. The maximum Gasteiger partial charge on any atom is 0.272 e. The zero-order valence-electron chi connectivity index (χ0n) is 9.83. The van der Waals surface area contributed by atoms with Crippen LogP contribution in [0.4, 0.5) is 0 Å². The van der Waals surface area contributed by atoms with Crippen LogP contribution in [-0.4, -0.2) is 21.6 Å². The Balaban J connectivity index is 2.07. The molecule has 0 saturated carbocycles. The van der Waals surface area contributed by atoms with E-state index in [2.05, 4.69) is 4.98 Å². The first-order valence-corrected chi connectivity index (χ1v) is 5.42. The predicted molar refractivity (Wildman–Crippen MR) is 64.1 cm³/mol. The van der Waals surface area contributed by atoms with E-state index in [1.165, 1.54) is 10.9 Å². The summed E-state index contributed by atoms with van der Waals surface area (Å²) in [6.45, 7) is 3.71. The summed E-state index contributed by atoms with van der Waals surface area (Å²) < 4.78 is 7.00. The molecular formula is C13H14N2O2. The van der Waals surface area contributed by atoms with Crippen LogP contribution in [0.5, 0.6) is 5.75 Å². The summed E-state index contributed by atoms with van der Waals surface area (Å²) in [5, 5.41) is 0. The molecule has 1 atom stereocenters. The van der Waals surface area contributed by atoms with E-state index in [0.29, 0.717) is 5.75 Å². The number of carbonyl (C=O) groups excluding carboxylic acids is 1. The number of benzene rings is 1. The lowest BCUT2D eigenvalue weighted by Crippen LogP contribution is -2.28. The lowest BCUT2D eigenvalue weighted by atomic mass is 10.2. The molecule has 0 fully saturated rings. The highest BCUT2D eigenvalue weighted by Crippen LogP contribution is 2.14. The first-order chi connectivity index (χ1) is 8.16. The molecule has 2 aromatic rings. The minimum absolute atomic E-state index is 0.135. The highest BCUT2D eigenvalue weighted by atomic mass is 16.5. The molecule has 0 radical (unpaired) electrons. The van der Waals surface area contributed by atoms with Crippen LogP contribution in [0.1, 0.15) is 17.3 Å². The predicted octanol–water partition coefficient (Wildman–Crippen LogP) is 2.30. The van der Waals surface area contributed by atoms with Gasteiger partial charge in [-0.1, -0.05) is 12.1 Å². The second-order valence-electron chi connectivity index (χ2n) is 3.88. The van der Waals surface area contributed by atoms with Crippen molar-refractivity contribution >= 4 is 5.91 Å². The van der Waals surface area contributed by atoms with Crippen molar-refractivity contribution in [3.63, 3.8) is 0 Å². The molecule has 17 heavy (non-hydrogen) atoms. The quantitative estimate of drug-likeness (QED) is 0.812. The molecule has 2 rings (SSSR count). The van der Waals surface area contributed by atoms with Crippen LogP contribution in [0.15, 0.2) is 43.0 Å². The van der Waals surface area contributed by atoms with Gasteiger partial charge in [-0.15, -0.1) is 0 Å². The first-order valence-electron chi connectivity index (χ1n) is 5.42. The van der Waals surface area contributed by atoms with Gasteiger partial charge in [0.1, 0.15) is 12.1 Å². The van der Waals surface area contributed by atoms with E-state index >= 15 is 0 Å². The van der Waals surface area contributed by atoms with E-state index in [1.807, 2.05) is 31.2 Å². The van der Waals surface area contributed by atoms with Gasteiger partial charge in [-0.25, -0.2) is 4.98 Å². The Morgan fingerprint density at radius 3 is 2.94 bits per heavy atom.